The molecule has 64 valence electrons. The van der Waals surface area contributed by atoms with Crippen molar-refractivity contribution >= 4 is 5.97 Å². The minimum Gasteiger partial charge on any atom is -0.431 e. The molecule has 0 saturated carbocycles. The highest BCUT2D eigenvalue weighted by Gasteiger charge is 2.13. The molecule has 12 heavy (non-hydrogen) atoms. The molecule has 1 aliphatic rings. The summed E-state index contributed by atoms with van der Waals surface area (Å²) in [5.41, 5.74) is 2.34. The quantitative estimate of drug-likeness (QED) is 0.202. The summed E-state index contributed by atoms with van der Waals surface area (Å²) >= 11 is 0. The van der Waals surface area contributed by atoms with Crippen LogP contribution in [0.15, 0.2) is 30.7 Å². The Hall–Kier alpha value is -1.31. The Balaban J connectivity index is 2.09. The van der Waals surface area contributed by atoms with E-state index < -0.39 is 5.97 Å². The fourth-order valence-corrected chi connectivity index (χ4v) is 0.678. The van der Waals surface area contributed by atoms with Crippen LogP contribution in [0.3, 0.4) is 0 Å². The second-order valence-corrected chi connectivity index (χ2v) is 2.46. The highest BCUT2D eigenvalue weighted by atomic mass is 16.5. The van der Waals surface area contributed by atoms with E-state index in [4.69, 9.17) is 0 Å². The number of hydrogen-bond donors (Lipinski definition) is 0. The molecule has 1 aliphatic heterocycles. The standard InChI is InChI=1S/C9H11NO2/c1-2-4-9(11)12-8-3-5-10-6-7-10/h3-4,8H,1,5-7H2/b8-3+. The predicted molar refractivity (Wildman–Crippen MR) is 45.4 cm³/mol. The smallest absolute Gasteiger partial charge is 0.343 e. The number of carbonyl (C=O) groups is 1. The molecule has 0 atom stereocenters. The number of rotatable bonds is 4. The van der Waals surface area contributed by atoms with Crippen LogP contribution in [0.1, 0.15) is 0 Å². The summed E-state index contributed by atoms with van der Waals surface area (Å²) in [5, 5.41) is 0. The van der Waals surface area contributed by atoms with E-state index in [1.165, 1.54) is 6.26 Å². The van der Waals surface area contributed by atoms with Crippen molar-refractivity contribution in [3.05, 3.63) is 30.7 Å². The van der Waals surface area contributed by atoms with Gasteiger partial charge in [-0.25, -0.2) is 4.79 Å². The van der Waals surface area contributed by atoms with Crippen molar-refractivity contribution in [2.45, 2.75) is 0 Å². The van der Waals surface area contributed by atoms with Crippen LogP contribution in [-0.4, -0.2) is 30.5 Å². The zero-order valence-corrected chi connectivity index (χ0v) is 6.82. The Morgan fingerprint density at radius 1 is 1.67 bits per heavy atom. The van der Waals surface area contributed by atoms with Crippen LogP contribution >= 0.6 is 0 Å². The van der Waals surface area contributed by atoms with Crippen LogP contribution in [0.4, 0.5) is 0 Å². The summed E-state index contributed by atoms with van der Waals surface area (Å²) in [6, 6.07) is 0. The third kappa shape index (κ3) is 3.76. The van der Waals surface area contributed by atoms with Gasteiger partial charge in [-0.1, -0.05) is 6.58 Å². The number of hydrogen-bond acceptors (Lipinski definition) is 3. The van der Waals surface area contributed by atoms with Crippen molar-refractivity contribution in [2.75, 3.05) is 19.6 Å². The van der Waals surface area contributed by atoms with Crippen LogP contribution < -0.4 is 0 Å². The lowest BCUT2D eigenvalue weighted by atomic mass is 10.6. The van der Waals surface area contributed by atoms with E-state index in [0.717, 1.165) is 25.7 Å². The number of esters is 1. The lowest BCUT2D eigenvalue weighted by Crippen LogP contribution is -1.96. The van der Waals surface area contributed by atoms with Gasteiger partial charge in [-0.2, -0.15) is 0 Å². The molecule has 0 aromatic carbocycles. The normalized spacial score (nSPS) is 15.7. The molecule has 0 spiro atoms. The zero-order chi connectivity index (χ0) is 8.81. The first-order valence-electron chi connectivity index (χ1n) is 3.77. The zero-order valence-electron chi connectivity index (χ0n) is 6.82. The average molecular weight is 165 g/mol. The van der Waals surface area contributed by atoms with Crippen LogP contribution in [0, 0.1) is 0 Å². The van der Waals surface area contributed by atoms with E-state index in [1.54, 1.807) is 0 Å². The molecular formula is C9H11NO2. The molecule has 3 nitrogen and oxygen atoms in total. The van der Waals surface area contributed by atoms with Gasteiger partial charge in [0.2, 0.25) is 0 Å². The molecule has 0 radical (unpaired) electrons. The molecule has 1 heterocycles. The third-order valence-corrected chi connectivity index (χ3v) is 1.40. The molecule has 0 unspecified atom stereocenters. The van der Waals surface area contributed by atoms with Crippen molar-refractivity contribution < 1.29 is 9.53 Å². The fraction of sp³-hybridized carbons (Fsp3) is 0.333. The largest absolute Gasteiger partial charge is 0.431 e. The summed E-state index contributed by atoms with van der Waals surface area (Å²) in [5.74, 6) is -0.438. The van der Waals surface area contributed by atoms with Gasteiger partial charge in [0.25, 0.3) is 0 Å². The summed E-state index contributed by atoms with van der Waals surface area (Å²) in [7, 11) is 0. The molecule has 1 saturated heterocycles. The number of ether oxygens (including phenoxy) is 1. The lowest BCUT2D eigenvalue weighted by molar-refractivity contribution is -0.132. The lowest BCUT2D eigenvalue weighted by Gasteiger charge is -1.92. The van der Waals surface area contributed by atoms with Crippen LogP contribution in [-0.2, 0) is 9.53 Å². The maximum Gasteiger partial charge on any atom is 0.343 e. The minimum atomic E-state index is -0.438. The average Bonchev–Trinajstić information content (AvgIpc) is 2.82. The Kier molecular flexibility index (Phi) is 3.33. The first-order valence-corrected chi connectivity index (χ1v) is 3.77. The third-order valence-electron chi connectivity index (χ3n) is 1.40. The maximum absolute atomic E-state index is 10.7. The van der Waals surface area contributed by atoms with E-state index in [9.17, 15) is 4.79 Å². The number of carbonyl (C=O) groups excluding carboxylic acids is 1. The van der Waals surface area contributed by atoms with E-state index in [-0.39, 0.29) is 0 Å². The van der Waals surface area contributed by atoms with E-state index in [2.05, 4.69) is 21.9 Å². The van der Waals surface area contributed by atoms with E-state index in [0.29, 0.717) is 0 Å². The van der Waals surface area contributed by atoms with Gasteiger partial charge in [0, 0.05) is 19.6 Å². The first kappa shape index (κ1) is 8.78. The van der Waals surface area contributed by atoms with Crippen molar-refractivity contribution in [3.63, 3.8) is 0 Å². The summed E-state index contributed by atoms with van der Waals surface area (Å²) in [4.78, 5) is 12.9. The molecular weight excluding hydrogens is 154 g/mol. The molecule has 3 heteroatoms. The summed E-state index contributed by atoms with van der Waals surface area (Å²) in [6.45, 7) is 6.39. The minimum absolute atomic E-state index is 0.438. The first-order chi connectivity index (χ1) is 5.83. The Bertz CT molecular complexity index is 235. The SMILES string of the molecule is C=C=CC(=O)O/C=C/CN1CC1. The Labute approximate surface area is 71.6 Å². The molecule has 0 aliphatic carbocycles. The van der Waals surface area contributed by atoms with Crippen molar-refractivity contribution in [1.82, 2.24) is 4.90 Å². The molecule has 0 amide bonds. The molecule has 1 fully saturated rings. The highest BCUT2D eigenvalue weighted by molar-refractivity contribution is 5.82. The summed E-state index contributed by atoms with van der Waals surface area (Å²) in [6.07, 6.45) is 4.36. The second-order valence-electron chi connectivity index (χ2n) is 2.46. The van der Waals surface area contributed by atoms with Gasteiger partial charge in [0.1, 0.15) is 0 Å². The van der Waals surface area contributed by atoms with Crippen LogP contribution in [0.5, 0.6) is 0 Å². The van der Waals surface area contributed by atoms with Gasteiger partial charge < -0.3 is 4.74 Å². The Morgan fingerprint density at radius 2 is 2.42 bits per heavy atom. The summed E-state index contributed by atoms with van der Waals surface area (Å²) < 4.78 is 4.66. The van der Waals surface area contributed by atoms with Gasteiger partial charge in [0.05, 0.1) is 12.3 Å². The van der Waals surface area contributed by atoms with Gasteiger partial charge in [-0.15, -0.1) is 5.73 Å². The monoisotopic (exact) mass is 165 g/mol. The fourth-order valence-electron chi connectivity index (χ4n) is 0.678. The molecule has 0 N–H and O–H groups in total. The van der Waals surface area contributed by atoms with Gasteiger partial charge in [0.15, 0.2) is 0 Å². The molecule has 1 rings (SSSR count). The van der Waals surface area contributed by atoms with Gasteiger partial charge >= 0.3 is 5.97 Å². The second kappa shape index (κ2) is 4.54. The van der Waals surface area contributed by atoms with Crippen molar-refractivity contribution in [3.8, 4) is 0 Å². The predicted octanol–water partition coefficient (Wildman–Crippen LogP) is 0.700. The Morgan fingerprint density at radius 3 is 3.00 bits per heavy atom. The van der Waals surface area contributed by atoms with E-state index >= 15 is 0 Å². The van der Waals surface area contributed by atoms with Crippen LogP contribution in [0.25, 0.3) is 0 Å². The molecule has 0 aromatic rings. The van der Waals surface area contributed by atoms with Crippen molar-refractivity contribution in [2.24, 2.45) is 0 Å². The van der Waals surface area contributed by atoms with Gasteiger partial charge in [-0.3, -0.25) is 4.90 Å². The molecule has 0 bridgehead atoms. The van der Waals surface area contributed by atoms with E-state index in [1.807, 2.05) is 6.08 Å². The van der Waals surface area contributed by atoms with Crippen LogP contribution in [0.2, 0.25) is 0 Å². The van der Waals surface area contributed by atoms with Gasteiger partial charge in [-0.05, 0) is 6.08 Å². The molecule has 0 aromatic heterocycles. The maximum atomic E-state index is 10.7. The highest BCUT2D eigenvalue weighted by Crippen LogP contribution is 2.01. The topological polar surface area (TPSA) is 29.3 Å². The van der Waals surface area contributed by atoms with Crippen molar-refractivity contribution in [1.29, 1.82) is 0 Å². The number of nitrogens with zero attached hydrogens (tertiary/aromatic N) is 1.